The summed E-state index contributed by atoms with van der Waals surface area (Å²) in [7, 11) is 0. The maximum Gasteiger partial charge on any atom is 0.0589 e. The molecule has 1 aromatic rings. The number of halogens is 1. The minimum absolute atomic E-state index is 0.327. The summed E-state index contributed by atoms with van der Waals surface area (Å²) in [5, 5.41) is 9.60. The topological polar surface area (TPSA) is 20.2 Å². The Balaban J connectivity index is 2.44. The summed E-state index contributed by atoms with van der Waals surface area (Å²) in [6, 6.07) is 7.96. The van der Waals surface area contributed by atoms with Crippen molar-refractivity contribution in [3.63, 3.8) is 0 Å². The Labute approximate surface area is 93.3 Å². The molecule has 0 amide bonds. The van der Waals surface area contributed by atoms with Crippen LogP contribution < -0.4 is 0 Å². The first-order valence-corrected chi connectivity index (χ1v) is 5.37. The number of rotatable bonds is 4. The number of terminal acetylenes is 1. The van der Waals surface area contributed by atoms with Crippen LogP contribution in [0.1, 0.15) is 18.4 Å². The second kappa shape index (κ2) is 5.85. The van der Waals surface area contributed by atoms with E-state index in [4.69, 9.17) is 6.42 Å². The molecule has 0 radical (unpaired) electrons. The van der Waals surface area contributed by atoms with E-state index in [0.717, 1.165) is 10.0 Å². The van der Waals surface area contributed by atoms with Crippen LogP contribution in [-0.4, -0.2) is 11.2 Å². The molecule has 1 aromatic carbocycles. The van der Waals surface area contributed by atoms with Gasteiger partial charge in [-0.15, -0.1) is 12.3 Å². The van der Waals surface area contributed by atoms with Gasteiger partial charge in [0.05, 0.1) is 6.10 Å². The molecule has 0 bridgehead atoms. The Hall–Kier alpha value is -0.780. The van der Waals surface area contributed by atoms with Gasteiger partial charge in [-0.25, -0.2) is 0 Å². The highest BCUT2D eigenvalue weighted by Gasteiger charge is 2.04. The molecule has 0 aromatic heterocycles. The molecule has 0 aliphatic rings. The van der Waals surface area contributed by atoms with Gasteiger partial charge in [-0.2, -0.15) is 0 Å². The summed E-state index contributed by atoms with van der Waals surface area (Å²) >= 11 is 3.36. The molecule has 1 unspecified atom stereocenters. The Bertz CT molecular complexity index is 310. The van der Waals surface area contributed by atoms with Gasteiger partial charge in [-0.1, -0.05) is 28.1 Å². The molecule has 1 rings (SSSR count). The van der Waals surface area contributed by atoms with Crippen molar-refractivity contribution < 1.29 is 5.11 Å². The first-order valence-electron chi connectivity index (χ1n) is 4.58. The van der Waals surface area contributed by atoms with Gasteiger partial charge in [0.25, 0.3) is 0 Å². The van der Waals surface area contributed by atoms with Crippen LogP contribution in [-0.2, 0) is 6.42 Å². The van der Waals surface area contributed by atoms with Crippen LogP contribution in [0.3, 0.4) is 0 Å². The third kappa shape index (κ3) is 3.95. The monoisotopic (exact) mass is 252 g/mol. The van der Waals surface area contributed by atoms with E-state index in [9.17, 15) is 5.11 Å². The molecule has 0 aliphatic carbocycles. The van der Waals surface area contributed by atoms with E-state index >= 15 is 0 Å². The Morgan fingerprint density at radius 1 is 1.36 bits per heavy atom. The molecule has 0 fully saturated rings. The largest absolute Gasteiger partial charge is 0.393 e. The molecule has 14 heavy (non-hydrogen) atoms. The van der Waals surface area contributed by atoms with Gasteiger partial charge in [0.1, 0.15) is 0 Å². The zero-order chi connectivity index (χ0) is 10.4. The highest BCUT2D eigenvalue weighted by Crippen LogP contribution is 2.13. The molecule has 74 valence electrons. The number of aliphatic hydroxyl groups is 1. The van der Waals surface area contributed by atoms with Crippen molar-refractivity contribution in [2.24, 2.45) is 0 Å². The Morgan fingerprint density at radius 2 is 2.00 bits per heavy atom. The van der Waals surface area contributed by atoms with E-state index in [1.54, 1.807) is 0 Å². The Kier molecular flexibility index (Phi) is 4.72. The minimum Gasteiger partial charge on any atom is -0.393 e. The first-order chi connectivity index (χ1) is 6.72. The first kappa shape index (κ1) is 11.3. The van der Waals surface area contributed by atoms with Crippen molar-refractivity contribution >= 4 is 15.9 Å². The number of aliphatic hydroxyl groups excluding tert-OH is 1. The lowest BCUT2D eigenvalue weighted by molar-refractivity contribution is 0.167. The average Bonchev–Trinajstić information content (AvgIpc) is 2.18. The van der Waals surface area contributed by atoms with E-state index in [1.807, 2.05) is 24.3 Å². The zero-order valence-corrected chi connectivity index (χ0v) is 9.50. The van der Waals surface area contributed by atoms with E-state index < -0.39 is 0 Å². The van der Waals surface area contributed by atoms with Gasteiger partial charge in [-0.3, -0.25) is 0 Å². The van der Waals surface area contributed by atoms with E-state index in [0.29, 0.717) is 19.3 Å². The second-order valence-corrected chi connectivity index (χ2v) is 4.14. The summed E-state index contributed by atoms with van der Waals surface area (Å²) in [6.07, 6.45) is 6.78. The van der Waals surface area contributed by atoms with Crippen molar-refractivity contribution in [1.82, 2.24) is 0 Å². The maximum atomic E-state index is 9.60. The van der Waals surface area contributed by atoms with Crippen molar-refractivity contribution in [3.05, 3.63) is 34.3 Å². The minimum atomic E-state index is -0.327. The highest BCUT2D eigenvalue weighted by atomic mass is 79.9. The second-order valence-electron chi connectivity index (χ2n) is 3.23. The quantitative estimate of drug-likeness (QED) is 0.818. The van der Waals surface area contributed by atoms with Gasteiger partial charge in [0.2, 0.25) is 0 Å². The molecule has 0 aliphatic heterocycles. The molecule has 1 atom stereocenters. The molecule has 0 saturated carbocycles. The maximum absolute atomic E-state index is 9.60. The molecular formula is C12H13BrO. The fourth-order valence-corrected chi connectivity index (χ4v) is 1.51. The van der Waals surface area contributed by atoms with Crippen molar-refractivity contribution in [1.29, 1.82) is 0 Å². The van der Waals surface area contributed by atoms with Crippen LogP contribution in [0, 0.1) is 12.3 Å². The third-order valence-corrected chi connectivity index (χ3v) is 2.54. The normalized spacial score (nSPS) is 12.1. The van der Waals surface area contributed by atoms with Crippen LogP contribution in [0.4, 0.5) is 0 Å². The summed E-state index contributed by atoms with van der Waals surface area (Å²) in [4.78, 5) is 0. The fraction of sp³-hybridized carbons (Fsp3) is 0.333. The van der Waals surface area contributed by atoms with Gasteiger partial charge >= 0.3 is 0 Å². The van der Waals surface area contributed by atoms with Gasteiger partial charge in [0, 0.05) is 10.9 Å². The van der Waals surface area contributed by atoms with E-state index in [1.165, 1.54) is 0 Å². The standard InChI is InChI=1S/C12H13BrO/c1-2-3-4-12(14)9-10-5-7-11(13)8-6-10/h1,5-8,12,14H,3-4,9H2. The number of benzene rings is 1. The van der Waals surface area contributed by atoms with E-state index in [2.05, 4.69) is 21.9 Å². The summed E-state index contributed by atoms with van der Waals surface area (Å²) in [5.74, 6) is 2.53. The summed E-state index contributed by atoms with van der Waals surface area (Å²) in [5.41, 5.74) is 1.14. The smallest absolute Gasteiger partial charge is 0.0589 e. The predicted molar refractivity (Wildman–Crippen MR) is 61.9 cm³/mol. The highest BCUT2D eigenvalue weighted by molar-refractivity contribution is 9.10. The van der Waals surface area contributed by atoms with Crippen LogP contribution >= 0.6 is 15.9 Å². The van der Waals surface area contributed by atoms with Crippen LogP contribution in [0.2, 0.25) is 0 Å². The van der Waals surface area contributed by atoms with Crippen molar-refractivity contribution in [2.45, 2.75) is 25.4 Å². The van der Waals surface area contributed by atoms with Crippen LogP contribution in [0.25, 0.3) is 0 Å². The predicted octanol–water partition coefficient (Wildman–Crippen LogP) is 2.77. The number of hydrogen-bond acceptors (Lipinski definition) is 1. The molecule has 1 nitrogen and oxygen atoms in total. The molecule has 0 saturated heterocycles. The summed E-state index contributed by atoms with van der Waals surface area (Å²) < 4.78 is 1.05. The van der Waals surface area contributed by atoms with Crippen molar-refractivity contribution in [3.8, 4) is 12.3 Å². The van der Waals surface area contributed by atoms with Crippen LogP contribution in [0.5, 0.6) is 0 Å². The lowest BCUT2D eigenvalue weighted by Crippen LogP contribution is -2.09. The fourth-order valence-electron chi connectivity index (χ4n) is 1.24. The lowest BCUT2D eigenvalue weighted by Gasteiger charge is -2.08. The molecule has 0 spiro atoms. The lowest BCUT2D eigenvalue weighted by atomic mass is 10.0. The zero-order valence-electron chi connectivity index (χ0n) is 7.91. The number of hydrogen-bond donors (Lipinski definition) is 1. The van der Waals surface area contributed by atoms with Crippen molar-refractivity contribution in [2.75, 3.05) is 0 Å². The van der Waals surface area contributed by atoms with Gasteiger partial charge in [-0.05, 0) is 30.5 Å². The SMILES string of the molecule is C#CCCC(O)Cc1ccc(Br)cc1. The Morgan fingerprint density at radius 3 is 2.57 bits per heavy atom. The van der Waals surface area contributed by atoms with Gasteiger partial charge < -0.3 is 5.11 Å². The average molecular weight is 253 g/mol. The summed E-state index contributed by atoms with van der Waals surface area (Å²) in [6.45, 7) is 0. The molecular weight excluding hydrogens is 240 g/mol. The van der Waals surface area contributed by atoms with Crippen LogP contribution in [0.15, 0.2) is 28.7 Å². The molecule has 2 heteroatoms. The van der Waals surface area contributed by atoms with Gasteiger partial charge in [0.15, 0.2) is 0 Å². The molecule has 0 heterocycles. The third-order valence-electron chi connectivity index (χ3n) is 2.01. The van der Waals surface area contributed by atoms with E-state index in [-0.39, 0.29) is 6.10 Å². The molecule has 1 N–H and O–H groups in total.